The molecule has 0 saturated carbocycles. The van der Waals surface area contributed by atoms with Gasteiger partial charge in [0, 0.05) is 18.0 Å². The number of anilines is 1. The zero-order chi connectivity index (χ0) is 30.4. The summed E-state index contributed by atoms with van der Waals surface area (Å²) in [5, 5.41) is 7.64. The maximum Gasteiger partial charge on any atom is 0.347 e. The highest BCUT2D eigenvalue weighted by Gasteiger charge is 2.30. The molecule has 0 unspecified atom stereocenters. The zero-order valence-electron chi connectivity index (χ0n) is 25.6. The van der Waals surface area contributed by atoms with E-state index in [2.05, 4.69) is 29.5 Å². The summed E-state index contributed by atoms with van der Waals surface area (Å²) in [4.78, 5) is 39.7. The standard InChI is InChI=1S/C33H46N4O4S/c1-5-7-8-9-15-23-36-30(38)29(35-37(32(36)40)25-27-18-11-10-12-19-27)34-22-14-13-17-26-20-16-21-28(24-26)42-33(3,4)31(39)41-6-2/h10-12,16,18-21,24H,5-9,13-15,17,22-23,25H2,1-4H3,(H,34,35). The summed E-state index contributed by atoms with van der Waals surface area (Å²) in [6.07, 6.45) is 7.81. The number of rotatable bonds is 18. The monoisotopic (exact) mass is 594 g/mol. The second-order valence-electron chi connectivity index (χ2n) is 11.0. The third kappa shape index (κ3) is 10.2. The number of benzene rings is 2. The third-order valence-electron chi connectivity index (χ3n) is 7.00. The Kier molecular flexibility index (Phi) is 13.4. The summed E-state index contributed by atoms with van der Waals surface area (Å²) < 4.78 is 7.29. The van der Waals surface area contributed by atoms with E-state index in [1.807, 2.05) is 63.2 Å². The average molecular weight is 595 g/mol. The first-order valence-corrected chi connectivity index (χ1v) is 16.0. The van der Waals surface area contributed by atoms with Gasteiger partial charge in [-0.15, -0.1) is 16.9 Å². The molecule has 3 aromatic rings. The molecule has 3 rings (SSSR count). The van der Waals surface area contributed by atoms with Gasteiger partial charge in [0.1, 0.15) is 4.75 Å². The first-order chi connectivity index (χ1) is 20.2. The van der Waals surface area contributed by atoms with Crippen molar-refractivity contribution >= 4 is 23.5 Å². The van der Waals surface area contributed by atoms with Crippen LogP contribution < -0.4 is 16.6 Å². The molecule has 1 N–H and O–H groups in total. The first-order valence-electron chi connectivity index (χ1n) is 15.2. The largest absolute Gasteiger partial charge is 0.465 e. The van der Waals surface area contributed by atoms with E-state index in [-0.39, 0.29) is 23.0 Å². The van der Waals surface area contributed by atoms with Gasteiger partial charge >= 0.3 is 11.7 Å². The van der Waals surface area contributed by atoms with Crippen LogP contribution in [-0.4, -0.2) is 38.2 Å². The number of hydrogen-bond donors (Lipinski definition) is 1. The predicted molar refractivity (Wildman–Crippen MR) is 171 cm³/mol. The van der Waals surface area contributed by atoms with E-state index in [0.29, 0.717) is 26.2 Å². The van der Waals surface area contributed by atoms with E-state index in [4.69, 9.17) is 4.74 Å². The molecule has 9 heteroatoms. The summed E-state index contributed by atoms with van der Waals surface area (Å²) in [5.74, 6) is 0.00410. The quantitative estimate of drug-likeness (QED) is 0.105. The first kappa shape index (κ1) is 33.2. The van der Waals surface area contributed by atoms with Gasteiger partial charge in [0.05, 0.1) is 13.2 Å². The topological polar surface area (TPSA) is 95.2 Å². The Morgan fingerprint density at radius 1 is 0.929 bits per heavy atom. The van der Waals surface area contributed by atoms with Crippen molar-refractivity contribution in [1.29, 1.82) is 0 Å². The fraction of sp³-hybridized carbons (Fsp3) is 0.515. The fourth-order valence-corrected chi connectivity index (χ4v) is 5.76. The van der Waals surface area contributed by atoms with Crippen molar-refractivity contribution in [3.63, 3.8) is 0 Å². The number of nitrogens with zero attached hydrogens (tertiary/aromatic N) is 3. The molecular weight excluding hydrogens is 548 g/mol. The molecule has 0 aliphatic heterocycles. The van der Waals surface area contributed by atoms with E-state index < -0.39 is 4.75 Å². The van der Waals surface area contributed by atoms with Gasteiger partial charge in [0.15, 0.2) is 0 Å². The molecule has 2 aromatic carbocycles. The van der Waals surface area contributed by atoms with Crippen LogP contribution in [0.4, 0.5) is 5.82 Å². The van der Waals surface area contributed by atoms with Crippen molar-refractivity contribution in [2.24, 2.45) is 0 Å². The summed E-state index contributed by atoms with van der Waals surface area (Å²) in [5.41, 5.74) is 1.43. The molecule has 0 spiro atoms. The molecule has 0 atom stereocenters. The van der Waals surface area contributed by atoms with E-state index in [0.717, 1.165) is 61.8 Å². The predicted octanol–water partition coefficient (Wildman–Crippen LogP) is 6.29. The lowest BCUT2D eigenvalue weighted by atomic mass is 10.1. The molecule has 0 bridgehead atoms. The third-order valence-corrected chi connectivity index (χ3v) is 8.17. The lowest BCUT2D eigenvalue weighted by Gasteiger charge is -2.21. The number of aromatic nitrogens is 3. The number of carbonyl (C=O) groups excluding carboxylic acids is 1. The summed E-state index contributed by atoms with van der Waals surface area (Å²) in [7, 11) is 0. The zero-order valence-corrected chi connectivity index (χ0v) is 26.4. The molecule has 0 aliphatic rings. The number of ether oxygens (including phenoxy) is 1. The van der Waals surface area contributed by atoms with Crippen molar-refractivity contribution in [1.82, 2.24) is 14.3 Å². The van der Waals surface area contributed by atoms with E-state index in [1.54, 1.807) is 0 Å². The highest BCUT2D eigenvalue weighted by atomic mass is 32.2. The maximum atomic E-state index is 13.2. The van der Waals surface area contributed by atoms with Crippen LogP contribution in [0.25, 0.3) is 0 Å². The van der Waals surface area contributed by atoms with E-state index >= 15 is 0 Å². The Labute approximate surface area is 253 Å². The van der Waals surface area contributed by atoms with Crippen LogP contribution >= 0.6 is 11.8 Å². The molecule has 0 saturated heterocycles. The summed E-state index contributed by atoms with van der Waals surface area (Å²) in [6.45, 7) is 9.40. The summed E-state index contributed by atoms with van der Waals surface area (Å²) >= 11 is 1.50. The van der Waals surface area contributed by atoms with Gasteiger partial charge in [-0.05, 0) is 69.7 Å². The molecule has 0 radical (unpaired) electrons. The second-order valence-corrected chi connectivity index (χ2v) is 12.7. The maximum absolute atomic E-state index is 13.2. The van der Waals surface area contributed by atoms with Crippen molar-refractivity contribution in [2.75, 3.05) is 18.5 Å². The van der Waals surface area contributed by atoms with Gasteiger partial charge in [0.2, 0.25) is 5.82 Å². The summed E-state index contributed by atoms with van der Waals surface area (Å²) in [6, 6.07) is 17.9. The van der Waals surface area contributed by atoms with E-state index in [9.17, 15) is 14.4 Å². The molecule has 0 amide bonds. The average Bonchev–Trinajstić information content (AvgIpc) is 2.97. The number of hydrogen-bond acceptors (Lipinski definition) is 7. The molecule has 0 fully saturated rings. The molecule has 1 heterocycles. The highest BCUT2D eigenvalue weighted by Crippen LogP contribution is 2.34. The number of carbonyl (C=O) groups is 1. The minimum Gasteiger partial charge on any atom is -0.465 e. The van der Waals surface area contributed by atoms with Crippen LogP contribution in [-0.2, 0) is 29.0 Å². The highest BCUT2D eigenvalue weighted by molar-refractivity contribution is 8.01. The molecule has 228 valence electrons. The Bertz CT molecular complexity index is 1380. The molecule has 8 nitrogen and oxygen atoms in total. The van der Waals surface area contributed by atoms with Crippen LogP contribution in [0.5, 0.6) is 0 Å². The van der Waals surface area contributed by atoms with Gasteiger partial charge in [-0.3, -0.25) is 14.2 Å². The minimum atomic E-state index is -0.662. The minimum absolute atomic E-state index is 0.217. The lowest BCUT2D eigenvalue weighted by molar-refractivity contribution is -0.145. The lowest BCUT2D eigenvalue weighted by Crippen LogP contribution is -2.43. The number of thioether (sulfide) groups is 1. The normalized spacial score (nSPS) is 11.4. The van der Waals surface area contributed by atoms with Gasteiger partial charge in [-0.1, -0.05) is 75.1 Å². The van der Waals surface area contributed by atoms with Crippen LogP contribution in [0.15, 0.2) is 69.1 Å². The Balaban J connectivity index is 1.62. The van der Waals surface area contributed by atoms with E-state index in [1.165, 1.54) is 26.6 Å². The van der Waals surface area contributed by atoms with Crippen molar-refractivity contribution < 1.29 is 9.53 Å². The van der Waals surface area contributed by atoms with Gasteiger partial charge in [-0.25, -0.2) is 9.48 Å². The number of nitrogens with one attached hydrogen (secondary N) is 1. The molecule has 0 aliphatic carbocycles. The van der Waals surface area contributed by atoms with Crippen LogP contribution in [0, 0.1) is 0 Å². The number of unbranched alkanes of at least 4 members (excludes halogenated alkanes) is 5. The fourth-order valence-electron chi connectivity index (χ4n) is 4.67. The SMILES string of the molecule is CCCCCCCn1c(=O)c(NCCCCc2cccc(SC(C)(C)C(=O)OCC)c2)nn(Cc2ccccc2)c1=O. The number of aryl methyl sites for hydroxylation is 1. The second kappa shape index (κ2) is 16.9. The van der Waals surface area contributed by atoms with Crippen LogP contribution in [0.3, 0.4) is 0 Å². The van der Waals surface area contributed by atoms with Gasteiger partial charge < -0.3 is 10.1 Å². The van der Waals surface area contributed by atoms with Crippen molar-refractivity contribution in [2.45, 2.75) is 102 Å². The smallest absolute Gasteiger partial charge is 0.347 e. The molecule has 1 aromatic heterocycles. The Morgan fingerprint density at radius 2 is 1.67 bits per heavy atom. The molecular formula is C33H46N4O4S. The number of esters is 1. The molecule has 42 heavy (non-hydrogen) atoms. The van der Waals surface area contributed by atoms with Gasteiger partial charge in [0.25, 0.3) is 5.56 Å². The van der Waals surface area contributed by atoms with Gasteiger partial charge in [-0.2, -0.15) is 0 Å². The van der Waals surface area contributed by atoms with Crippen molar-refractivity contribution in [3.05, 3.63) is 86.6 Å². The Morgan fingerprint density at radius 3 is 2.40 bits per heavy atom. The van der Waals surface area contributed by atoms with Crippen LogP contribution in [0.1, 0.15) is 83.8 Å². The van der Waals surface area contributed by atoms with Crippen LogP contribution in [0.2, 0.25) is 0 Å². The Hall–Kier alpha value is -3.33. The van der Waals surface area contributed by atoms with Crippen molar-refractivity contribution in [3.8, 4) is 0 Å².